The minimum atomic E-state index is -1.38. The molecule has 2 amide bonds. The van der Waals surface area contributed by atoms with Gasteiger partial charge in [-0.1, -0.05) is 36.4 Å². The predicted molar refractivity (Wildman–Crippen MR) is 249 cm³/mol. The van der Waals surface area contributed by atoms with Gasteiger partial charge in [-0.15, -0.1) is 22.7 Å². The topological polar surface area (TPSA) is 140 Å². The highest BCUT2D eigenvalue weighted by atomic mass is 32.1. The summed E-state index contributed by atoms with van der Waals surface area (Å²) in [6.07, 6.45) is 4.18. The van der Waals surface area contributed by atoms with Crippen molar-refractivity contribution in [1.29, 1.82) is 0 Å². The number of Topliss-reactive ketones (excluding diaryl/α,β-unsaturated/α-hetero) is 1. The van der Waals surface area contributed by atoms with Crippen molar-refractivity contribution in [3.63, 3.8) is 0 Å². The molecule has 2 aliphatic rings. The largest absolute Gasteiger partial charge is 0.493 e. The SMILES string of the molecule is CC(=O)c1c(C(=O)N[C@H]2CCOc3ccccc32)sc2c(-c3cc(F)cc(F)c3)ccnc12.CC(C)(O)c1c(C(=O)N[C@H]2CCOc3ccccc32)sc2c(-c3cc(F)cc(F)c3)ccnc12. The monoisotopic (exact) mass is 944 g/mol. The van der Waals surface area contributed by atoms with Crippen LogP contribution in [0.4, 0.5) is 17.6 Å². The third-order valence-electron chi connectivity index (χ3n) is 11.4. The van der Waals surface area contributed by atoms with E-state index in [-0.39, 0.29) is 34.2 Å². The van der Waals surface area contributed by atoms with Crippen molar-refractivity contribution in [3.8, 4) is 33.8 Å². The van der Waals surface area contributed by atoms with Gasteiger partial charge in [-0.3, -0.25) is 24.4 Å². The van der Waals surface area contributed by atoms with Gasteiger partial charge in [0.1, 0.15) is 44.5 Å². The number of fused-ring (bicyclic) bond motifs is 4. The highest BCUT2D eigenvalue weighted by Gasteiger charge is 2.33. The number of ether oxygens (including phenoxy) is 2. The standard InChI is InChI=1S/C26H22F2N2O3S.C25H18F2N2O3S/c1-26(2,32)21-22-23(17(7-9-29-22)14-11-15(27)13-16(28)12-14)34-24(21)25(31)30-19-8-10-33-20-6-4-3-5-18(19)20;1-13(30)21-22-23(17(6-8-28-22)14-10-15(26)12-16(27)11-14)33-24(21)25(31)29-19-7-9-32-20-5-3-2-4-18(19)20/h3-7,9,11-13,19,32H,8,10H2,1-2H3,(H,30,31);2-6,8,10-12,19H,7,9H2,1H3,(H,29,31)/t2*19-/m00/s1. The molecule has 2 aliphatic heterocycles. The minimum absolute atomic E-state index is 0.201. The fourth-order valence-corrected chi connectivity index (χ4v) is 11.1. The number of benzene rings is 4. The molecule has 10 nitrogen and oxygen atoms in total. The second-order valence-electron chi connectivity index (χ2n) is 16.5. The molecular weight excluding hydrogens is 905 g/mol. The summed E-state index contributed by atoms with van der Waals surface area (Å²) in [4.78, 5) is 48.7. The lowest BCUT2D eigenvalue weighted by molar-refractivity contribution is 0.0760. The number of carbonyl (C=O) groups is 3. The number of aromatic nitrogens is 2. The fourth-order valence-electron chi connectivity index (χ4n) is 8.50. The summed E-state index contributed by atoms with van der Waals surface area (Å²) in [5.41, 5.74) is 3.41. The van der Waals surface area contributed by atoms with E-state index in [9.17, 15) is 37.1 Å². The highest BCUT2D eigenvalue weighted by molar-refractivity contribution is 7.22. The number of halogens is 4. The van der Waals surface area contributed by atoms with E-state index in [0.29, 0.717) is 84.9 Å². The zero-order valence-electron chi connectivity index (χ0n) is 36.1. The molecule has 4 aromatic heterocycles. The summed E-state index contributed by atoms with van der Waals surface area (Å²) in [5, 5.41) is 17.1. The Kier molecular flexibility index (Phi) is 12.4. The maximum atomic E-state index is 13.9. The Morgan fingerprint density at radius 1 is 0.642 bits per heavy atom. The van der Waals surface area contributed by atoms with Crippen molar-refractivity contribution in [3.05, 3.63) is 165 Å². The molecule has 0 bridgehead atoms. The van der Waals surface area contributed by atoms with Gasteiger partial charge in [0.15, 0.2) is 5.78 Å². The fraction of sp³-hybridized carbons (Fsp3) is 0.196. The van der Waals surface area contributed by atoms with Gasteiger partial charge in [0.2, 0.25) is 0 Å². The van der Waals surface area contributed by atoms with E-state index in [0.717, 1.165) is 51.7 Å². The van der Waals surface area contributed by atoms with Crippen LogP contribution < -0.4 is 20.1 Å². The molecule has 67 heavy (non-hydrogen) atoms. The van der Waals surface area contributed by atoms with Crippen LogP contribution in [0, 0.1) is 23.3 Å². The first-order chi connectivity index (χ1) is 32.1. The van der Waals surface area contributed by atoms with Gasteiger partial charge in [0.25, 0.3) is 11.8 Å². The Morgan fingerprint density at radius 2 is 1.07 bits per heavy atom. The number of aliphatic hydroxyl groups is 1. The average molecular weight is 945 g/mol. The first-order valence-corrected chi connectivity index (χ1v) is 22.8. The molecule has 4 aromatic carbocycles. The third-order valence-corrected chi connectivity index (χ3v) is 13.8. The van der Waals surface area contributed by atoms with Crippen molar-refractivity contribution in [1.82, 2.24) is 20.6 Å². The lowest BCUT2D eigenvalue weighted by Crippen LogP contribution is -2.33. The smallest absolute Gasteiger partial charge is 0.262 e. The molecule has 0 saturated carbocycles. The number of nitrogens with zero attached hydrogens (tertiary/aromatic N) is 2. The number of ketones is 1. The van der Waals surface area contributed by atoms with Gasteiger partial charge in [-0.2, -0.15) is 0 Å². The van der Waals surface area contributed by atoms with Crippen LogP contribution in [0.25, 0.3) is 42.7 Å². The van der Waals surface area contributed by atoms with Crippen LogP contribution in [-0.2, 0) is 5.60 Å². The zero-order chi connectivity index (χ0) is 47.1. The molecule has 0 saturated heterocycles. The van der Waals surface area contributed by atoms with Crippen LogP contribution in [-0.4, -0.2) is 45.9 Å². The van der Waals surface area contributed by atoms with E-state index < -0.39 is 34.8 Å². The second kappa shape index (κ2) is 18.3. The van der Waals surface area contributed by atoms with Crippen LogP contribution in [0.5, 0.6) is 11.5 Å². The number of carbonyl (C=O) groups excluding carboxylic acids is 3. The molecule has 0 spiro atoms. The van der Waals surface area contributed by atoms with Gasteiger partial charge in [-0.25, -0.2) is 17.6 Å². The van der Waals surface area contributed by atoms with E-state index in [2.05, 4.69) is 20.6 Å². The Morgan fingerprint density at radius 3 is 1.55 bits per heavy atom. The van der Waals surface area contributed by atoms with Crippen LogP contribution in [0.1, 0.15) is 92.1 Å². The number of pyridine rings is 2. The second-order valence-corrected chi connectivity index (χ2v) is 18.6. The molecule has 0 radical (unpaired) electrons. The van der Waals surface area contributed by atoms with Gasteiger partial charge < -0.3 is 25.2 Å². The minimum Gasteiger partial charge on any atom is -0.493 e. The number of rotatable bonds is 8. The Balaban J connectivity index is 0.000000168. The van der Waals surface area contributed by atoms with Crippen molar-refractivity contribution < 1.29 is 46.5 Å². The lowest BCUT2D eigenvalue weighted by Gasteiger charge is -2.27. The first kappa shape index (κ1) is 45.2. The van der Waals surface area contributed by atoms with E-state index in [4.69, 9.17) is 9.47 Å². The summed E-state index contributed by atoms with van der Waals surface area (Å²) in [7, 11) is 0. The Labute approximate surface area is 389 Å². The molecule has 10 rings (SSSR count). The quantitative estimate of drug-likeness (QED) is 0.101. The van der Waals surface area contributed by atoms with Crippen molar-refractivity contribution >= 4 is 60.7 Å². The summed E-state index contributed by atoms with van der Waals surface area (Å²) < 4.78 is 68.0. The van der Waals surface area contributed by atoms with Crippen LogP contribution in [0.3, 0.4) is 0 Å². The van der Waals surface area contributed by atoms with Crippen LogP contribution in [0.2, 0.25) is 0 Å². The molecule has 16 heteroatoms. The molecule has 8 aromatic rings. The van der Waals surface area contributed by atoms with E-state index in [1.165, 1.54) is 43.6 Å². The maximum absolute atomic E-state index is 13.9. The third kappa shape index (κ3) is 9.11. The molecule has 340 valence electrons. The van der Waals surface area contributed by atoms with Gasteiger partial charge >= 0.3 is 0 Å². The van der Waals surface area contributed by atoms with Crippen molar-refractivity contribution in [2.45, 2.75) is 51.3 Å². The summed E-state index contributed by atoms with van der Waals surface area (Å²) in [6.45, 7) is 5.49. The van der Waals surface area contributed by atoms with E-state index >= 15 is 0 Å². The number of amides is 2. The highest BCUT2D eigenvalue weighted by Crippen LogP contribution is 2.43. The van der Waals surface area contributed by atoms with E-state index in [1.807, 2.05) is 48.5 Å². The lowest BCUT2D eigenvalue weighted by atomic mass is 9.95. The van der Waals surface area contributed by atoms with Crippen LogP contribution >= 0.6 is 22.7 Å². The average Bonchev–Trinajstić information content (AvgIpc) is 3.90. The van der Waals surface area contributed by atoms with Gasteiger partial charge in [0, 0.05) is 65.2 Å². The number of nitrogens with one attached hydrogen (secondary N) is 2. The van der Waals surface area contributed by atoms with Gasteiger partial charge in [0.05, 0.1) is 56.9 Å². The number of hydrogen-bond donors (Lipinski definition) is 3. The van der Waals surface area contributed by atoms with Crippen molar-refractivity contribution in [2.24, 2.45) is 0 Å². The Bertz CT molecular complexity index is 3220. The summed E-state index contributed by atoms with van der Waals surface area (Å²) >= 11 is 2.24. The van der Waals surface area contributed by atoms with Crippen LogP contribution in [0.15, 0.2) is 109 Å². The van der Waals surface area contributed by atoms with E-state index in [1.54, 1.807) is 26.0 Å². The molecule has 0 unspecified atom stereocenters. The molecular formula is C51H40F4N4O6S2. The maximum Gasteiger partial charge on any atom is 0.262 e. The first-order valence-electron chi connectivity index (χ1n) is 21.2. The number of thiophene rings is 2. The normalized spacial score (nSPS) is 15.3. The van der Waals surface area contributed by atoms with Gasteiger partial charge in [-0.05, 0) is 80.4 Å². The molecule has 0 aliphatic carbocycles. The summed E-state index contributed by atoms with van der Waals surface area (Å²) in [6, 6.07) is 24.3. The zero-order valence-corrected chi connectivity index (χ0v) is 37.7. The number of hydrogen-bond acceptors (Lipinski definition) is 10. The summed E-state index contributed by atoms with van der Waals surface area (Å²) in [5.74, 6) is -2.44. The van der Waals surface area contributed by atoms with Crippen molar-refractivity contribution in [2.75, 3.05) is 13.2 Å². The molecule has 0 fully saturated rings. The molecule has 6 heterocycles. The predicted octanol–water partition coefficient (Wildman–Crippen LogP) is 11.4. The number of para-hydroxylation sites is 2. The molecule has 2 atom stereocenters. The molecule has 3 N–H and O–H groups in total. The Hall–Kier alpha value is -7.01.